The summed E-state index contributed by atoms with van der Waals surface area (Å²) in [7, 11) is 0. The van der Waals surface area contributed by atoms with Crippen LogP contribution in [0.15, 0.2) is 24.3 Å². The van der Waals surface area contributed by atoms with Crippen molar-refractivity contribution in [1.82, 2.24) is 10.6 Å². The Morgan fingerprint density at radius 2 is 2.05 bits per heavy atom. The molecular weight excluding hydrogens is 242 g/mol. The Balaban J connectivity index is 1.74. The Morgan fingerprint density at radius 1 is 1.37 bits per heavy atom. The number of amides is 1. The average Bonchev–Trinajstić information content (AvgIpc) is 2.47. The molecule has 19 heavy (non-hydrogen) atoms. The van der Waals surface area contributed by atoms with Crippen LogP contribution in [0.5, 0.6) is 0 Å². The molecule has 0 saturated carbocycles. The molecule has 0 radical (unpaired) electrons. The molecule has 0 atom stereocenters. The Bertz CT molecular complexity index is 459. The van der Waals surface area contributed by atoms with Crippen molar-refractivity contribution in [3.63, 3.8) is 0 Å². The first kappa shape index (κ1) is 13.4. The molecule has 1 heterocycles. The number of nitriles is 1. The van der Waals surface area contributed by atoms with E-state index in [1.54, 1.807) is 12.1 Å². The summed E-state index contributed by atoms with van der Waals surface area (Å²) in [5.41, 5.74) is 1.56. The van der Waals surface area contributed by atoms with E-state index >= 15 is 0 Å². The van der Waals surface area contributed by atoms with Crippen LogP contribution in [-0.4, -0.2) is 25.3 Å². The number of nitrogens with zero attached hydrogens (tertiary/aromatic N) is 1. The summed E-state index contributed by atoms with van der Waals surface area (Å²) in [6.07, 6.45) is 1.37. The molecule has 2 N–H and O–H groups in total. The van der Waals surface area contributed by atoms with E-state index in [1.165, 1.54) is 0 Å². The fourth-order valence-corrected chi connectivity index (χ4v) is 1.98. The summed E-state index contributed by atoms with van der Waals surface area (Å²) in [5, 5.41) is 14.6. The van der Waals surface area contributed by atoms with Crippen molar-refractivity contribution >= 4 is 6.09 Å². The first-order valence-corrected chi connectivity index (χ1v) is 6.42. The summed E-state index contributed by atoms with van der Waals surface area (Å²) < 4.78 is 5.32. The van der Waals surface area contributed by atoms with Gasteiger partial charge in [-0.15, -0.1) is 0 Å². The molecule has 0 aliphatic carbocycles. The lowest BCUT2D eigenvalue weighted by Gasteiger charge is -2.22. The van der Waals surface area contributed by atoms with E-state index in [4.69, 9.17) is 10.00 Å². The van der Waals surface area contributed by atoms with Crippen molar-refractivity contribution in [2.75, 3.05) is 13.1 Å². The molecule has 1 saturated heterocycles. The predicted octanol–water partition coefficient (Wildman–Crippen LogP) is 1.54. The summed E-state index contributed by atoms with van der Waals surface area (Å²) >= 11 is 0. The first-order valence-electron chi connectivity index (χ1n) is 6.42. The molecule has 1 amide bonds. The van der Waals surface area contributed by atoms with Crippen molar-refractivity contribution in [2.24, 2.45) is 0 Å². The van der Waals surface area contributed by atoms with Gasteiger partial charge in [-0.25, -0.2) is 4.79 Å². The molecule has 5 nitrogen and oxygen atoms in total. The summed E-state index contributed by atoms with van der Waals surface area (Å²) in [6.45, 7) is 2.21. The zero-order valence-electron chi connectivity index (χ0n) is 10.7. The minimum Gasteiger partial charge on any atom is -0.446 e. The molecule has 0 unspecified atom stereocenters. The fourth-order valence-electron chi connectivity index (χ4n) is 1.98. The fraction of sp³-hybridized carbons (Fsp3) is 0.429. The third-order valence-corrected chi connectivity index (χ3v) is 3.08. The molecule has 1 aliphatic heterocycles. The first-order chi connectivity index (χ1) is 9.28. The van der Waals surface area contributed by atoms with Gasteiger partial charge in [-0.1, -0.05) is 12.1 Å². The van der Waals surface area contributed by atoms with Crippen LogP contribution in [0.3, 0.4) is 0 Å². The number of hydrogen-bond donors (Lipinski definition) is 2. The van der Waals surface area contributed by atoms with Crippen LogP contribution in [-0.2, 0) is 11.3 Å². The number of hydrogen-bond acceptors (Lipinski definition) is 4. The highest BCUT2D eigenvalue weighted by Gasteiger charge is 2.16. The van der Waals surface area contributed by atoms with Gasteiger partial charge >= 0.3 is 6.09 Å². The molecule has 5 heteroatoms. The lowest BCUT2D eigenvalue weighted by Crippen LogP contribution is -2.36. The molecule has 1 aliphatic rings. The van der Waals surface area contributed by atoms with Crippen molar-refractivity contribution in [3.8, 4) is 6.07 Å². The number of benzene rings is 1. The topological polar surface area (TPSA) is 74.2 Å². The largest absolute Gasteiger partial charge is 0.446 e. The van der Waals surface area contributed by atoms with E-state index in [0.717, 1.165) is 31.5 Å². The normalized spacial score (nSPS) is 15.5. The van der Waals surface area contributed by atoms with Gasteiger partial charge < -0.3 is 15.4 Å². The SMILES string of the molecule is N#Cc1ccc(CNC(=O)OC2CCNCC2)cc1. The number of nitrogens with one attached hydrogen (secondary N) is 2. The van der Waals surface area contributed by atoms with Gasteiger partial charge in [-0.3, -0.25) is 0 Å². The Kier molecular flexibility index (Phi) is 4.76. The number of carbonyl (C=O) groups excluding carboxylic acids is 1. The second kappa shape index (κ2) is 6.76. The van der Waals surface area contributed by atoms with Crippen LogP contribution in [0.2, 0.25) is 0 Å². The van der Waals surface area contributed by atoms with Crippen LogP contribution in [0.1, 0.15) is 24.0 Å². The Labute approximate surface area is 112 Å². The third-order valence-electron chi connectivity index (χ3n) is 3.08. The minimum atomic E-state index is -0.378. The number of piperidine rings is 1. The Morgan fingerprint density at radius 3 is 2.68 bits per heavy atom. The molecule has 1 fully saturated rings. The highest BCUT2D eigenvalue weighted by atomic mass is 16.6. The van der Waals surface area contributed by atoms with Gasteiger partial charge in [-0.05, 0) is 43.6 Å². The maximum absolute atomic E-state index is 11.6. The van der Waals surface area contributed by atoms with Crippen LogP contribution >= 0.6 is 0 Å². The van der Waals surface area contributed by atoms with Crippen molar-refractivity contribution in [2.45, 2.75) is 25.5 Å². The molecule has 100 valence electrons. The van der Waals surface area contributed by atoms with Gasteiger partial charge in [0.25, 0.3) is 0 Å². The zero-order chi connectivity index (χ0) is 13.5. The molecule has 0 spiro atoms. The molecule has 2 rings (SSSR count). The monoisotopic (exact) mass is 259 g/mol. The van der Waals surface area contributed by atoms with Crippen molar-refractivity contribution in [1.29, 1.82) is 5.26 Å². The molecule has 0 bridgehead atoms. The highest BCUT2D eigenvalue weighted by Crippen LogP contribution is 2.08. The summed E-state index contributed by atoms with van der Waals surface area (Å²) in [6, 6.07) is 9.16. The zero-order valence-corrected chi connectivity index (χ0v) is 10.7. The standard InChI is InChI=1S/C14H17N3O2/c15-9-11-1-3-12(4-2-11)10-17-14(18)19-13-5-7-16-8-6-13/h1-4,13,16H,5-8,10H2,(H,17,18). The molecule has 0 aromatic heterocycles. The van der Waals surface area contributed by atoms with Crippen molar-refractivity contribution < 1.29 is 9.53 Å². The van der Waals surface area contributed by atoms with E-state index in [9.17, 15) is 4.79 Å². The van der Waals surface area contributed by atoms with Crippen LogP contribution < -0.4 is 10.6 Å². The van der Waals surface area contributed by atoms with Gasteiger partial charge in [0.15, 0.2) is 0 Å². The summed E-state index contributed by atoms with van der Waals surface area (Å²) in [5.74, 6) is 0. The second-order valence-corrected chi connectivity index (χ2v) is 4.52. The Hall–Kier alpha value is -2.06. The number of alkyl carbamates (subject to hydrolysis) is 1. The van der Waals surface area contributed by atoms with E-state index in [2.05, 4.69) is 16.7 Å². The van der Waals surface area contributed by atoms with Crippen LogP contribution in [0.25, 0.3) is 0 Å². The van der Waals surface area contributed by atoms with E-state index < -0.39 is 0 Å². The van der Waals surface area contributed by atoms with Gasteiger partial charge in [-0.2, -0.15) is 5.26 Å². The van der Waals surface area contributed by atoms with E-state index in [0.29, 0.717) is 12.1 Å². The van der Waals surface area contributed by atoms with Crippen LogP contribution in [0.4, 0.5) is 4.79 Å². The van der Waals surface area contributed by atoms with Crippen LogP contribution in [0, 0.1) is 11.3 Å². The maximum atomic E-state index is 11.6. The van der Waals surface area contributed by atoms with E-state index in [1.807, 2.05) is 12.1 Å². The smallest absolute Gasteiger partial charge is 0.407 e. The number of carbonyl (C=O) groups is 1. The predicted molar refractivity (Wildman–Crippen MR) is 70.4 cm³/mol. The highest BCUT2D eigenvalue weighted by molar-refractivity contribution is 5.67. The third kappa shape index (κ3) is 4.27. The van der Waals surface area contributed by atoms with Gasteiger partial charge in [0.05, 0.1) is 11.6 Å². The average molecular weight is 259 g/mol. The quantitative estimate of drug-likeness (QED) is 0.863. The van der Waals surface area contributed by atoms with Gasteiger partial charge in [0.1, 0.15) is 6.10 Å². The van der Waals surface area contributed by atoms with Crippen molar-refractivity contribution in [3.05, 3.63) is 35.4 Å². The van der Waals surface area contributed by atoms with Gasteiger partial charge in [0.2, 0.25) is 0 Å². The molecular formula is C14H17N3O2. The number of ether oxygens (including phenoxy) is 1. The lowest BCUT2D eigenvalue weighted by molar-refractivity contribution is 0.0790. The minimum absolute atomic E-state index is 0.0159. The molecule has 1 aromatic rings. The summed E-state index contributed by atoms with van der Waals surface area (Å²) in [4.78, 5) is 11.6. The molecule has 1 aromatic carbocycles. The van der Waals surface area contributed by atoms with E-state index in [-0.39, 0.29) is 12.2 Å². The number of rotatable bonds is 3. The maximum Gasteiger partial charge on any atom is 0.407 e. The van der Waals surface area contributed by atoms with Gasteiger partial charge in [0, 0.05) is 6.54 Å². The lowest BCUT2D eigenvalue weighted by atomic mass is 10.1. The second-order valence-electron chi connectivity index (χ2n) is 4.52.